The zero-order valence-corrected chi connectivity index (χ0v) is 15.3. The molecule has 8 heteroatoms. The van der Waals surface area contributed by atoms with E-state index in [0.717, 1.165) is 5.75 Å². The number of nitrogens with zero attached hydrogens (tertiary/aromatic N) is 4. The molecule has 1 aliphatic rings. The third-order valence-electron chi connectivity index (χ3n) is 4.23. The van der Waals surface area contributed by atoms with Gasteiger partial charge in [-0.1, -0.05) is 0 Å². The lowest BCUT2D eigenvalue weighted by atomic mass is 10.2. The second-order valence-corrected chi connectivity index (χ2v) is 6.10. The SMILES string of the molecule is CCOc1ccc(NC(=O)CC(=O)N2CCN(c3ncccn3)CC2)cc1. The smallest absolute Gasteiger partial charge is 0.233 e. The fourth-order valence-electron chi connectivity index (χ4n) is 2.87. The van der Waals surface area contributed by atoms with Crippen LogP contribution >= 0.6 is 0 Å². The van der Waals surface area contributed by atoms with Gasteiger partial charge in [-0.05, 0) is 37.3 Å². The van der Waals surface area contributed by atoms with Crippen LogP contribution in [0.3, 0.4) is 0 Å². The van der Waals surface area contributed by atoms with Crippen molar-refractivity contribution in [3.8, 4) is 5.75 Å². The monoisotopic (exact) mass is 369 g/mol. The number of carbonyl (C=O) groups excluding carboxylic acids is 2. The van der Waals surface area contributed by atoms with E-state index in [-0.39, 0.29) is 18.2 Å². The average molecular weight is 369 g/mol. The molecule has 27 heavy (non-hydrogen) atoms. The van der Waals surface area contributed by atoms with Crippen LogP contribution in [0.5, 0.6) is 5.75 Å². The number of nitrogens with one attached hydrogen (secondary N) is 1. The number of rotatable bonds is 6. The summed E-state index contributed by atoms with van der Waals surface area (Å²) in [4.78, 5) is 36.7. The first kappa shape index (κ1) is 18.6. The summed E-state index contributed by atoms with van der Waals surface area (Å²) >= 11 is 0. The van der Waals surface area contributed by atoms with Gasteiger partial charge in [-0.3, -0.25) is 9.59 Å². The molecule has 3 rings (SSSR count). The van der Waals surface area contributed by atoms with Crippen LogP contribution in [0.25, 0.3) is 0 Å². The van der Waals surface area contributed by atoms with E-state index in [1.165, 1.54) is 0 Å². The lowest BCUT2D eigenvalue weighted by molar-refractivity contribution is -0.134. The van der Waals surface area contributed by atoms with E-state index < -0.39 is 0 Å². The van der Waals surface area contributed by atoms with Crippen molar-refractivity contribution in [3.05, 3.63) is 42.7 Å². The number of piperazine rings is 1. The summed E-state index contributed by atoms with van der Waals surface area (Å²) in [6.45, 7) is 4.89. The maximum atomic E-state index is 12.4. The van der Waals surface area contributed by atoms with Gasteiger partial charge in [0, 0.05) is 44.3 Å². The van der Waals surface area contributed by atoms with Crippen molar-refractivity contribution in [2.45, 2.75) is 13.3 Å². The normalized spacial score (nSPS) is 14.0. The van der Waals surface area contributed by atoms with Crippen molar-refractivity contribution in [1.82, 2.24) is 14.9 Å². The predicted octanol–water partition coefficient (Wildman–Crippen LogP) is 1.55. The Balaban J connectivity index is 1.45. The number of benzene rings is 1. The molecule has 0 spiro atoms. The lowest BCUT2D eigenvalue weighted by Crippen LogP contribution is -2.49. The molecule has 1 aromatic carbocycles. The van der Waals surface area contributed by atoms with Crippen molar-refractivity contribution in [1.29, 1.82) is 0 Å². The zero-order valence-electron chi connectivity index (χ0n) is 15.3. The number of amides is 2. The van der Waals surface area contributed by atoms with Gasteiger partial charge in [-0.25, -0.2) is 9.97 Å². The van der Waals surface area contributed by atoms with Crippen LogP contribution in [0, 0.1) is 0 Å². The van der Waals surface area contributed by atoms with Crippen molar-refractivity contribution in [2.24, 2.45) is 0 Å². The van der Waals surface area contributed by atoms with Gasteiger partial charge in [0.05, 0.1) is 6.61 Å². The van der Waals surface area contributed by atoms with Crippen molar-refractivity contribution in [2.75, 3.05) is 43.0 Å². The van der Waals surface area contributed by atoms with Crippen LogP contribution in [0.1, 0.15) is 13.3 Å². The Labute approximate surface area is 158 Å². The van der Waals surface area contributed by atoms with Crippen LogP contribution in [-0.4, -0.2) is 59.5 Å². The van der Waals surface area contributed by atoms with E-state index in [1.807, 2.05) is 11.8 Å². The number of ether oxygens (including phenoxy) is 1. The molecule has 142 valence electrons. The van der Waals surface area contributed by atoms with Gasteiger partial charge in [0.1, 0.15) is 12.2 Å². The minimum Gasteiger partial charge on any atom is -0.494 e. The highest BCUT2D eigenvalue weighted by Crippen LogP contribution is 2.16. The average Bonchev–Trinajstić information content (AvgIpc) is 2.70. The fourth-order valence-corrected chi connectivity index (χ4v) is 2.87. The van der Waals surface area contributed by atoms with E-state index >= 15 is 0 Å². The molecule has 1 aromatic heterocycles. The van der Waals surface area contributed by atoms with Crippen LogP contribution in [0.4, 0.5) is 11.6 Å². The highest BCUT2D eigenvalue weighted by molar-refractivity contribution is 6.03. The molecule has 0 saturated carbocycles. The first-order valence-electron chi connectivity index (χ1n) is 8.98. The van der Waals surface area contributed by atoms with E-state index in [4.69, 9.17) is 4.74 Å². The van der Waals surface area contributed by atoms with Crippen molar-refractivity contribution in [3.63, 3.8) is 0 Å². The Kier molecular flexibility index (Phi) is 6.19. The third kappa shape index (κ3) is 5.16. The third-order valence-corrected chi connectivity index (χ3v) is 4.23. The highest BCUT2D eigenvalue weighted by Gasteiger charge is 2.23. The number of hydrogen-bond donors (Lipinski definition) is 1. The molecule has 1 aliphatic heterocycles. The maximum absolute atomic E-state index is 12.4. The largest absolute Gasteiger partial charge is 0.494 e. The molecule has 2 aromatic rings. The molecule has 8 nitrogen and oxygen atoms in total. The summed E-state index contributed by atoms with van der Waals surface area (Å²) in [5.74, 6) is 0.912. The summed E-state index contributed by atoms with van der Waals surface area (Å²) in [6.07, 6.45) is 3.23. The minimum atomic E-state index is -0.321. The number of hydrogen-bond acceptors (Lipinski definition) is 6. The van der Waals surface area contributed by atoms with Crippen molar-refractivity contribution < 1.29 is 14.3 Å². The minimum absolute atomic E-state index is 0.172. The Morgan fingerprint density at radius 2 is 1.74 bits per heavy atom. The maximum Gasteiger partial charge on any atom is 0.233 e. The first-order chi connectivity index (χ1) is 13.2. The Morgan fingerprint density at radius 3 is 2.37 bits per heavy atom. The predicted molar refractivity (Wildman–Crippen MR) is 102 cm³/mol. The molecule has 0 aliphatic carbocycles. The van der Waals surface area contributed by atoms with Gasteiger partial charge in [0.15, 0.2) is 0 Å². The molecule has 1 saturated heterocycles. The van der Waals surface area contributed by atoms with Crippen LogP contribution < -0.4 is 15.0 Å². The first-order valence-corrected chi connectivity index (χ1v) is 8.98. The number of anilines is 2. The van der Waals surface area contributed by atoms with E-state index in [1.54, 1.807) is 47.6 Å². The van der Waals surface area contributed by atoms with Gasteiger partial charge in [0.2, 0.25) is 17.8 Å². The Morgan fingerprint density at radius 1 is 1.07 bits per heavy atom. The second kappa shape index (κ2) is 8.98. The van der Waals surface area contributed by atoms with Crippen LogP contribution in [-0.2, 0) is 9.59 Å². The fraction of sp³-hybridized carbons (Fsp3) is 0.368. The molecule has 0 bridgehead atoms. The van der Waals surface area contributed by atoms with Gasteiger partial charge < -0.3 is 19.9 Å². The molecular formula is C19H23N5O3. The molecule has 0 atom stereocenters. The van der Waals surface area contributed by atoms with E-state index in [2.05, 4.69) is 15.3 Å². The molecule has 1 N–H and O–H groups in total. The zero-order chi connectivity index (χ0) is 19.1. The van der Waals surface area contributed by atoms with Gasteiger partial charge in [0.25, 0.3) is 0 Å². The summed E-state index contributed by atoms with van der Waals surface area (Å²) in [7, 11) is 0. The van der Waals surface area contributed by atoms with Crippen molar-refractivity contribution >= 4 is 23.5 Å². The second-order valence-electron chi connectivity index (χ2n) is 6.10. The van der Waals surface area contributed by atoms with Crippen LogP contribution in [0.2, 0.25) is 0 Å². The number of aromatic nitrogens is 2. The topological polar surface area (TPSA) is 87.7 Å². The molecule has 0 unspecified atom stereocenters. The van der Waals surface area contributed by atoms with E-state index in [9.17, 15) is 9.59 Å². The molecule has 2 amide bonds. The van der Waals surface area contributed by atoms with Gasteiger partial charge in [-0.15, -0.1) is 0 Å². The summed E-state index contributed by atoms with van der Waals surface area (Å²) < 4.78 is 5.36. The molecule has 1 fully saturated rings. The summed E-state index contributed by atoms with van der Waals surface area (Å²) in [5.41, 5.74) is 0.641. The lowest BCUT2D eigenvalue weighted by Gasteiger charge is -2.34. The summed E-state index contributed by atoms with van der Waals surface area (Å²) in [5, 5.41) is 2.74. The molecular weight excluding hydrogens is 346 g/mol. The standard InChI is InChI=1S/C19H23N5O3/c1-2-27-16-6-4-15(5-7-16)22-17(25)14-18(26)23-10-12-24(13-11-23)19-20-8-3-9-21-19/h3-9H,2,10-14H2,1H3,(H,22,25). The van der Waals surface area contributed by atoms with E-state index in [0.29, 0.717) is 44.4 Å². The summed E-state index contributed by atoms with van der Waals surface area (Å²) in [6, 6.07) is 8.85. The Bertz CT molecular complexity index is 759. The quantitative estimate of drug-likeness (QED) is 0.778. The Hall–Kier alpha value is -3.16. The molecule has 0 radical (unpaired) electrons. The number of carbonyl (C=O) groups is 2. The van der Waals surface area contributed by atoms with Crippen LogP contribution in [0.15, 0.2) is 42.7 Å². The van der Waals surface area contributed by atoms with Gasteiger partial charge in [-0.2, -0.15) is 0 Å². The van der Waals surface area contributed by atoms with Gasteiger partial charge >= 0.3 is 0 Å². The highest BCUT2D eigenvalue weighted by atomic mass is 16.5. The molecule has 2 heterocycles.